The third-order valence-electron chi connectivity index (χ3n) is 3.83. The Balaban J connectivity index is 2.17. The van der Waals surface area contributed by atoms with Crippen LogP contribution < -0.4 is 5.69 Å². The van der Waals surface area contributed by atoms with Gasteiger partial charge in [-0.25, -0.2) is 9.78 Å². The molecule has 0 atom stereocenters. The smallest absolute Gasteiger partial charge is 0.330 e. The maximum absolute atomic E-state index is 12.4. The van der Waals surface area contributed by atoms with Gasteiger partial charge in [0.2, 0.25) is 5.91 Å². The van der Waals surface area contributed by atoms with Crippen molar-refractivity contribution in [3.63, 3.8) is 0 Å². The molecule has 1 amide bonds. The molecule has 0 radical (unpaired) electrons. The lowest BCUT2D eigenvalue weighted by atomic mass is 10.1. The number of amides is 1. The first-order valence-electron chi connectivity index (χ1n) is 7.19. The van der Waals surface area contributed by atoms with E-state index in [2.05, 4.69) is 16.4 Å². The number of rotatable bonds is 3. The highest BCUT2D eigenvalue weighted by Gasteiger charge is 2.16. The van der Waals surface area contributed by atoms with Gasteiger partial charge in [-0.3, -0.25) is 13.9 Å². The van der Waals surface area contributed by atoms with Crippen molar-refractivity contribution in [2.45, 2.75) is 13.5 Å². The molecule has 0 fully saturated rings. The molecule has 3 rings (SSSR count). The van der Waals surface area contributed by atoms with Gasteiger partial charge in [0.25, 0.3) is 0 Å². The molecule has 0 N–H and O–H groups in total. The average Bonchev–Trinajstić information content (AvgIpc) is 3.05. The Kier molecular flexibility index (Phi) is 3.81. The van der Waals surface area contributed by atoms with E-state index in [1.54, 1.807) is 38.7 Å². The molecule has 7 heteroatoms. The lowest BCUT2D eigenvalue weighted by Crippen LogP contribution is -2.31. The fourth-order valence-electron chi connectivity index (χ4n) is 2.46. The molecular weight excluding hydrogens is 312 g/mol. The Bertz CT molecular complexity index is 949. The zero-order valence-corrected chi connectivity index (χ0v) is 14.3. The van der Waals surface area contributed by atoms with E-state index in [9.17, 15) is 9.59 Å². The van der Waals surface area contributed by atoms with E-state index in [4.69, 9.17) is 0 Å². The van der Waals surface area contributed by atoms with E-state index in [0.29, 0.717) is 11.2 Å². The minimum absolute atomic E-state index is 0.0109. The Labute approximate surface area is 137 Å². The van der Waals surface area contributed by atoms with E-state index in [1.165, 1.54) is 18.9 Å². The van der Waals surface area contributed by atoms with Crippen LogP contribution in [0.3, 0.4) is 0 Å². The fraction of sp³-hybridized carbons (Fsp3) is 0.312. The first-order valence-corrected chi connectivity index (χ1v) is 8.07. The molecule has 0 spiro atoms. The fourth-order valence-corrected chi connectivity index (χ4v) is 3.17. The number of carbonyl (C=O) groups excluding carboxylic acids is 1. The molecule has 23 heavy (non-hydrogen) atoms. The van der Waals surface area contributed by atoms with Gasteiger partial charge in [-0.05, 0) is 30.0 Å². The molecule has 0 aliphatic carbocycles. The van der Waals surface area contributed by atoms with E-state index >= 15 is 0 Å². The lowest BCUT2D eigenvalue weighted by molar-refractivity contribution is -0.129. The third kappa shape index (κ3) is 2.68. The molecule has 3 aromatic heterocycles. The van der Waals surface area contributed by atoms with Crippen molar-refractivity contribution in [1.29, 1.82) is 0 Å². The quantitative estimate of drug-likeness (QED) is 0.736. The summed E-state index contributed by atoms with van der Waals surface area (Å²) in [6.07, 6.45) is 1.77. The first-order chi connectivity index (χ1) is 10.9. The van der Waals surface area contributed by atoms with Crippen LogP contribution in [0.5, 0.6) is 0 Å². The maximum atomic E-state index is 12.4. The summed E-state index contributed by atoms with van der Waals surface area (Å²) in [6.45, 7) is 2.06. The Morgan fingerprint density at radius 2 is 2.04 bits per heavy atom. The zero-order valence-electron chi connectivity index (χ0n) is 13.5. The predicted molar refractivity (Wildman–Crippen MR) is 91.7 cm³/mol. The number of likely N-dealkylation sites (N-methyl/N-ethyl adjacent to an activating group) is 1. The molecule has 120 valence electrons. The maximum Gasteiger partial charge on any atom is 0.330 e. The van der Waals surface area contributed by atoms with Gasteiger partial charge in [-0.15, -0.1) is 11.3 Å². The average molecular weight is 330 g/mol. The van der Waals surface area contributed by atoms with E-state index in [0.717, 1.165) is 11.1 Å². The van der Waals surface area contributed by atoms with Crippen LogP contribution in [0.15, 0.2) is 28.5 Å². The number of hydrogen-bond acceptors (Lipinski definition) is 4. The summed E-state index contributed by atoms with van der Waals surface area (Å²) >= 11 is 1.67. The van der Waals surface area contributed by atoms with Crippen LogP contribution in [0.1, 0.15) is 4.88 Å². The van der Waals surface area contributed by atoms with E-state index < -0.39 is 0 Å². The van der Waals surface area contributed by atoms with Crippen LogP contribution >= 0.6 is 11.3 Å². The highest BCUT2D eigenvalue weighted by atomic mass is 32.1. The molecule has 3 heterocycles. The van der Waals surface area contributed by atoms with Gasteiger partial charge in [0.1, 0.15) is 6.54 Å². The molecule has 3 aromatic rings. The molecule has 0 aliphatic rings. The van der Waals surface area contributed by atoms with Gasteiger partial charge in [-0.2, -0.15) is 0 Å². The van der Waals surface area contributed by atoms with Gasteiger partial charge >= 0.3 is 5.69 Å². The van der Waals surface area contributed by atoms with E-state index in [-0.39, 0.29) is 18.1 Å². The zero-order chi connectivity index (χ0) is 16.7. The predicted octanol–water partition coefficient (Wildman–Crippen LogP) is 1.86. The van der Waals surface area contributed by atoms with Crippen molar-refractivity contribution in [1.82, 2.24) is 19.0 Å². The van der Waals surface area contributed by atoms with Crippen LogP contribution in [-0.2, 0) is 18.4 Å². The molecule has 6 nitrogen and oxygen atoms in total. The van der Waals surface area contributed by atoms with Crippen molar-refractivity contribution in [2.75, 3.05) is 14.1 Å². The second-order valence-corrected chi connectivity index (χ2v) is 6.84. The van der Waals surface area contributed by atoms with Crippen molar-refractivity contribution >= 4 is 28.4 Å². The largest absolute Gasteiger partial charge is 0.347 e. The van der Waals surface area contributed by atoms with Crippen molar-refractivity contribution < 1.29 is 4.79 Å². The molecule has 0 unspecified atom stereocenters. The molecule has 0 saturated carbocycles. The molecule has 0 saturated heterocycles. The van der Waals surface area contributed by atoms with Crippen LogP contribution in [0.25, 0.3) is 22.3 Å². The van der Waals surface area contributed by atoms with Crippen LogP contribution in [-0.4, -0.2) is 39.0 Å². The first kappa shape index (κ1) is 15.5. The molecule has 0 bridgehead atoms. The topological polar surface area (TPSA) is 60.1 Å². The van der Waals surface area contributed by atoms with Gasteiger partial charge in [0.15, 0.2) is 5.65 Å². The normalized spacial score (nSPS) is 11.1. The highest BCUT2D eigenvalue weighted by molar-refractivity contribution is 7.10. The van der Waals surface area contributed by atoms with Gasteiger partial charge in [-0.1, -0.05) is 0 Å². The summed E-state index contributed by atoms with van der Waals surface area (Å²) in [5.41, 5.74) is 3.04. The van der Waals surface area contributed by atoms with E-state index in [1.807, 2.05) is 13.0 Å². The van der Waals surface area contributed by atoms with Crippen molar-refractivity contribution in [3.05, 3.63) is 39.1 Å². The van der Waals surface area contributed by atoms with Crippen LogP contribution in [0.4, 0.5) is 0 Å². The third-order valence-corrected chi connectivity index (χ3v) is 4.69. The summed E-state index contributed by atoms with van der Waals surface area (Å²) in [5.74, 6) is -0.128. The Hall–Kier alpha value is -2.41. The van der Waals surface area contributed by atoms with Crippen LogP contribution in [0.2, 0.25) is 0 Å². The number of carbonyl (C=O) groups is 1. The number of imidazole rings is 1. The number of hydrogen-bond donors (Lipinski definition) is 0. The van der Waals surface area contributed by atoms with Gasteiger partial charge in [0.05, 0.1) is 5.52 Å². The number of aryl methyl sites for hydroxylation is 2. The summed E-state index contributed by atoms with van der Waals surface area (Å²) in [5, 5.41) is 2.06. The standard InChI is InChI=1S/C16H18N4O2S/c1-10-5-12(9-23-10)11-6-13-15(17-7-11)19(4)16(22)20(13)8-14(21)18(2)3/h5-7,9H,8H2,1-4H3. The lowest BCUT2D eigenvalue weighted by Gasteiger charge is -2.10. The SMILES string of the molecule is Cc1cc(-c2cnc3c(c2)n(CC(=O)N(C)C)c(=O)n3C)cs1. The summed E-state index contributed by atoms with van der Waals surface area (Å²) in [7, 11) is 5.02. The van der Waals surface area contributed by atoms with Crippen molar-refractivity contribution in [3.8, 4) is 11.1 Å². The second-order valence-electron chi connectivity index (χ2n) is 5.73. The molecular formula is C16H18N4O2S. The summed E-state index contributed by atoms with van der Waals surface area (Å²) in [6, 6.07) is 4.01. The second kappa shape index (κ2) is 5.66. The Morgan fingerprint density at radius 3 is 2.65 bits per heavy atom. The monoisotopic (exact) mass is 330 g/mol. The minimum Gasteiger partial charge on any atom is -0.347 e. The minimum atomic E-state index is -0.235. The van der Waals surface area contributed by atoms with Crippen molar-refractivity contribution in [2.24, 2.45) is 7.05 Å². The molecule has 0 aliphatic heterocycles. The summed E-state index contributed by atoms with van der Waals surface area (Å²) < 4.78 is 2.95. The Morgan fingerprint density at radius 1 is 1.30 bits per heavy atom. The number of thiophene rings is 1. The number of pyridine rings is 1. The van der Waals surface area contributed by atoms with Gasteiger partial charge in [0, 0.05) is 37.8 Å². The van der Waals surface area contributed by atoms with Gasteiger partial charge < -0.3 is 4.90 Å². The number of nitrogens with zero attached hydrogens (tertiary/aromatic N) is 4. The van der Waals surface area contributed by atoms with Crippen LogP contribution in [0, 0.1) is 6.92 Å². The summed E-state index contributed by atoms with van der Waals surface area (Å²) in [4.78, 5) is 31.5. The highest BCUT2D eigenvalue weighted by Crippen LogP contribution is 2.26. The number of aromatic nitrogens is 3. The number of fused-ring (bicyclic) bond motifs is 1. The molecule has 0 aromatic carbocycles.